The van der Waals surface area contributed by atoms with Crippen LogP contribution >= 0.6 is 0 Å². The van der Waals surface area contributed by atoms with Crippen LogP contribution < -0.4 is 5.32 Å². The summed E-state index contributed by atoms with van der Waals surface area (Å²) in [6.45, 7) is 12.0. The van der Waals surface area contributed by atoms with Crippen molar-refractivity contribution in [3.05, 3.63) is 12.2 Å². The molecule has 1 aromatic heterocycles. The molecule has 0 aromatic carbocycles. The second kappa shape index (κ2) is 7.57. The fourth-order valence-corrected chi connectivity index (χ4v) is 2.19. The van der Waals surface area contributed by atoms with Crippen LogP contribution in [0.2, 0.25) is 0 Å². The molecule has 1 N–H and O–H groups in total. The SMILES string of the molecule is CC(C)Cn1ncnc1CNCCN1CCOCC1. The number of hydrogen-bond donors (Lipinski definition) is 1. The summed E-state index contributed by atoms with van der Waals surface area (Å²) in [4.78, 5) is 6.74. The van der Waals surface area contributed by atoms with Crippen LogP contribution in [-0.4, -0.2) is 59.1 Å². The minimum Gasteiger partial charge on any atom is -0.379 e. The van der Waals surface area contributed by atoms with Crippen molar-refractivity contribution in [2.45, 2.75) is 26.9 Å². The first-order valence-electron chi connectivity index (χ1n) is 7.13. The van der Waals surface area contributed by atoms with E-state index in [1.165, 1.54) is 0 Å². The van der Waals surface area contributed by atoms with E-state index in [2.05, 4.69) is 34.1 Å². The maximum Gasteiger partial charge on any atom is 0.140 e. The zero-order valence-corrected chi connectivity index (χ0v) is 12.0. The summed E-state index contributed by atoms with van der Waals surface area (Å²) in [5.74, 6) is 1.62. The largest absolute Gasteiger partial charge is 0.379 e. The van der Waals surface area contributed by atoms with Crippen LogP contribution in [0.25, 0.3) is 0 Å². The van der Waals surface area contributed by atoms with Crippen molar-refractivity contribution in [2.24, 2.45) is 5.92 Å². The van der Waals surface area contributed by atoms with Gasteiger partial charge < -0.3 is 10.1 Å². The first-order valence-corrected chi connectivity index (χ1v) is 7.13. The monoisotopic (exact) mass is 267 g/mol. The average Bonchev–Trinajstić information content (AvgIpc) is 2.82. The van der Waals surface area contributed by atoms with Gasteiger partial charge in [-0.25, -0.2) is 9.67 Å². The molecule has 0 aliphatic carbocycles. The zero-order valence-electron chi connectivity index (χ0n) is 12.0. The average molecular weight is 267 g/mol. The van der Waals surface area contributed by atoms with Gasteiger partial charge >= 0.3 is 0 Å². The van der Waals surface area contributed by atoms with Gasteiger partial charge in [0.1, 0.15) is 12.2 Å². The number of aromatic nitrogens is 3. The summed E-state index contributed by atoms with van der Waals surface area (Å²) < 4.78 is 7.33. The molecule has 6 heteroatoms. The summed E-state index contributed by atoms with van der Waals surface area (Å²) in [6.07, 6.45) is 1.64. The maximum absolute atomic E-state index is 5.33. The Bertz CT molecular complexity index is 360. The van der Waals surface area contributed by atoms with E-state index in [1.54, 1.807) is 6.33 Å². The Balaban J connectivity index is 1.66. The van der Waals surface area contributed by atoms with Crippen LogP contribution in [-0.2, 0) is 17.8 Å². The maximum atomic E-state index is 5.33. The Morgan fingerprint density at radius 1 is 1.37 bits per heavy atom. The molecule has 1 aliphatic heterocycles. The molecular weight excluding hydrogens is 242 g/mol. The van der Waals surface area contributed by atoms with Crippen molar-refractivity contribution in [1.29, 1.82) is 0 Å². The summed E-state index contributed by atoms with van der Waals surface area (Å²) in [7, 11) is 0. The van der Waals surface area contributed by atoms with Crippen LogP contribution in [0.4, 0.5) is 0 Å². The van der Waals surface area contributed by atoms with E-state index in [0.717, 1.165) is 58.3 Å². The topological polar surface area (TPSA) is 55.2 Å². The Hall–Kier alpha value is -0.980. The van der Waals surface area contributed by atoms with E-state index in [1.807, 2.05) is 4.68 Å². The molecule has 1 saturated heterocycles. The highest BCUT2D eigenvalue weighted by atomic mass is 16.5. The summed E-state index contributed by atoms with van der Waals surface area (Å²) >= 11 is 0. The van der Waals surface area contributed by atoms with Crippen molar-refractivity contribution < 1.29 is 4.74 Å². The predicted molar refractivity (Wildman–Crippen MR) is 73.8 cm³/mol. The molecule has 0 saturated carbocycles. The quantitative estimate of drug-likeness (QED) is 0.723. The van der Waals surface area contributed by atoms with Crippen LogP contribution in [0.1, 0.15) is 19.7 Å². The van der Waals surface area contributed by atoms with Crippen molar-refractivity contribution >= 4 is 0 Å². The first kappa shape index (κ1) is 14.4. The van der Waals surface area contributed by atoms with Crippen molar-refractivity contribution in [3.63, 3.8) is 0 Å². The van der Waals surface area contributed by atoms with E-state index in [4.69, 9.17) is 4.74 Å². The lowest BCUT2D eigenvalue weighted by atomic mass is 10.2. The fourth-order valence-electron chi connectivity index (χ4n) is 2.19. The van der Waals surface area contributed by atoms with Crippen molar-refractivity contribution in [2.75, 3.05) is 39.4 Å². The number of nitrogens with zero attached hydrogens (tertiary/aromatic N) is 4. The lowest BCUT2D eigenvalue weighted by Crippen LogP contribution is -2.40. The predicted octanol–water partition coefficient (Wildman–Crippen LogP) is 0.356. The Kier molecular flexibility index (Phi) is 5.75. The van der Waals surface area contributed by atoms with Gasteiger partial charge in [-0.15, -0.1) is 0 Å². The second-order valence-corrected chi connectivity index (χ2v) is 5.38. The van der Waals surface area contributed by atoms with E-state index in [0.29, 0.717) is 5.92 Å². The highest BCUT2D eigenvalue weighted by molar-refractivity contribution is 4.84. The van der Waals surface area contributed by atoms with Crippen molar-refractivity contribution in [1.82, 2.24) is 25.0 Å². The number of morpholine rings is 1. The van der Waals surface area contributed by atoms with Crippen LogP contribution in [0.3, 0.4) is 0 Å². The van der Waals surface area contributed by atoms with Gasteiger partial charge in [0, 0.05) is 32.7 Å². The number of rotatable bonds is 7. The van der Waals surface area contributed by atoms with Gasteiger partial charge in [-0.05, 0) is 5.92 Å². The molecule has 0 unspecified atom stereocenters. The molecule has 1 fully saturated rings. The third-order valence-electron chi connectivity index (χ3n) is 3.23. The standard InChI is InChI=1S/C13H25N5O/c1-12(2)10-18-13(15-11-16-18)9-14-3-4-17-5-7-19-8-6-17/h11-12,14H,3-10H2,1-2H3. The van der Waals surface area contributed by atoms with Gasteiger partial charge in [-0.1, -0.05) is 13.8 Å². The highest BCUT2D eigenvalue weighted by Gasteiger charge is 2.10. The molecule has 0 bridgehead atoms. The van der Waals surface area contributed by atoms with Crippen LogP contribution in [0.5, 0.6) is 0 Å². The molecule has 0 radical (unpaired) electrons. The summed E-state index contributed by atoms with van der Waals surface area (Å²) in [5.41, 5.74) is 0. The van der Waals surface area contributed by atoms with Gasteiger partial charge in [0.25, 0.3) is 0 Å². The second-order valence-electron chi connectivity index (χ2n) is 5.38. The third-order valence-corrected chi connectivity index (χ3v) is 3.23. The van der Waals surface area contributed by atoms with Gasteiger partial charge in [-0.3, -0.25) is 4.90 Å². The van der Waals surface area contributed by atoms with E-state index in [9.17, 15) is 0 Å². The normalized spacial score (nSPS) is 17.2. The van der Waals surface area contributed by atoms with Gasteiger partial charge in [-0.2, -0.15) is 5.10 Å². The van der Waals surface area contributed by atoms with Crippen LogP contribution in [0.15, 0.2) is 6.33 Å². The number of ether oxygens (including phenoxy) is 1. The smallest absolute Gasteiger partial charge is 0.140 e. The molecular formula is C13H25N5O. The minimum absolute atomic E-state index is 0.591. The van der Waals surface area contributed by atoms with Gasteiger partial charge in [0.05, 0.1) is 19.8 Å². The van der Waals surface area contributed by atoms with Crippen molar-refractivity contribution in [3.8, 4) is 0 Å². The number of hydrogen-bond acceptors (Lipinski definition) is 5. The molecule has 1 aliphatic rings. The molecule has 108 valence electrons. The van der Waals surface area contributed by atoms with E-state index in [-0.39, 0.29) is 0 Å². The molecule has 0 spiro atoms. The summed E-state index contributed by atoms with van der Waals surface area (Å²) in [5, 5.41) is 7.71. The van der Waals surface area contributed by atoms with E-state index < -0.39 is 0 Å². The third kappa shape index (κ3) is 4.89. The van der Waals surface area contributed by atoms with E-state index >= 15 is 0 Å². The fraction of sp³-hybridized carbons (Fsp3) is 0.846. The molecule has 0 atom stereocenters. The Labute approximate surface area is 115 Å². The molecule has 2 heterocycles. The molecule has 0 amide bonds. The summed E-state index contributed by atoms with van der Waals surface area (Å²) in [6, 6.07) is 0. The molecule has 19 heavy (non-hydrogen) atoms. The zero-order chi connectivity index (χ0) is 13.5. The first-order chi connectivity index (χ1) is 9.25. The minimum atomic E-state index is 0.591. The molecule has 6 nitrogen and oxygen atoms in total. The molecule has 2 rings (SSSR count). The number of nitrogens with one attached hydrogen (secondary N) is 1. The lowest BCUT2D eigenvalue weighted by molar-refractivity contribution is 0.0384. The van der Waals surface area contributed by atoms with Gasteiger partial charge in [0.15, 0.2) is 0 Å². The van der Waals surface area contributed by atoms with Crippen LogP contribution in [0, 0.1) is 5.92 Å². The Morgan fingerprint density at radius 3 is 2.89 bits per heavy atom. The van der Waals surface area contributed by atoms with Gasteiger partial charge in [0.2, 0.25) is 0 Å². The Morgan fingerprint density at radius 2 is 2.16 bits per heavy atom. The highest BCUT2D eigenvalue weighted by Crippen LogP contribution is 2.01. The lowest BCUT2D eigenvalue weighted by Gasteiger charge is -2.26. The molecule has 1 aromatic rings.